The van der Waals surface area contributed by atoms with Crippen molar-refractivity contribution in [3.63, 3.8) is 0 Å². The van der Waals surface area contributed by atoms with E-state index in [1.165, 1.54) is 0 Å². The molecule has 0 fully saturated rings. The third-order valence-electron chi connectivity index (χ3n) is 3.00. The highest BCUT2D eigenvalue weighted by atomic mass is 35.5. The number of aromatic nitrogens is 3. The average molecular weight is 327 g/mol. The molecule has 3 aromatic rings. The number of hydrogen-bond acceptors (Lipinski definition) is 2. The summed E-state index contributed by atoms with van der Waals surface area (Å²) in [6.45, 7) is 1.93. The van der Waals surface area contributed by atoms with Gasteiger partial charge in [-0.1, -0.05) is 29.3 Å². The molecule has 102 valence electrons. The molecule has 20 heavy (non-hydrogen) atoms. The summed E-state index contributed by atoms with van der Waals surface area (Å²) in [5, 5.41) is 0.947. The normalized spacial score (nSPS) is 11.2. The Kier molecular flexibility index (Phi) is 3.59. The van der Waals surface area contributed by atoms with Gasteiger partial charge in [-0.25, -0.2) is 9.97 Å². The molecule has 0 amide bonds. The third-order valence-corrected chi connectivity index (χ3v) is 4.05. The van der Waals surface area contributed by atoms with Crippen molar-refractivity contribution in [2.75, 3.05) is 0 Å². The van der Waals surface area contributed by atoms with Gasteiger partial charge in [0.25, 0.3) is 0 Å². The van der Waals surface area contributed by atoms with Crippen LogP contribution >= 0.6 is 34.8 Å². The third kappa shape index (κ3) is 2.16. The van der Waals surface area contributed by atoms with Gasteiger partial charge in [-0.05, 0) is 31.2 Å². The molecule has 2 aromatic heterocycles. The maximum Gasteiger partial charge on any atom is 0.165 e. The number of hydrogen-bond donors (Lipinski definition) is 0. The van der Waals surface area contributed by atoms with Crippen molar-refractivity contribution < 1.29 is 0 Å². The van der Waals surface area contributed by atoms with Crippen LogP contribution in [0.1, 0.15) is 11.5 Å². The Balaban J connectivity index is 2.39. The Morgan fingerprint density at radius 1 is 1.10 bits per heavy atom. The average Bonchev–Trinajstić information content (AvgIpc) is 2.79. The van der Waals surface area contributed by atoms with Crippen LogP contribution in [0, 0.1) is 6.92 Å². The molecule has 0 aliphatic heterocycles. The fraction of sp³-hybridized carbons (Fsp3) is 0.143. The molecule has 1 aromatic carbocycles. The minimum atomic E-state index is 0.262. The highest BCUT2D eigenvalue weighted by Crippen LogP contribution is 2.31. The lowest BCUT2D eigenvalue weighted by atomic mass is 10.3. The first-order valence-electron chi connectivity index (χ1n) is 5.97. The van der Waals surface area contributed by atoms with Gasteiger partial charge in [0.05, 0.1) is 21.6 Å². The first-order valence-corrected chi connectivity index (χ1v) is 7.26. The molecule has 0 spiro atoms. The predicted molar refractivity (Wildman–Crippen MR) is 83.2 cm³/mol. The molecule has 6 heteroatoms. The summed E-state index contributed by atoms with van der Waals surface area (Å²) in [5.41, 5.74) is 3.14. The van der Waals surface area contributed by atoms with E-state index in [4.69, 9.17) is 34.8 Å². The molecular formula is C14H10Cl3N3. The van der Waals surface area contributed by atoms with E-state index in [-0.39, 0.29) is 5.88 Å². The van der Waals surface area contributed by atoms with Gasteiger partial charge in [0.2, 0.25) is 0 Å². The zero-order valence-corrected chi connectivity index (χ0v) is 12.8. The number of aryl methyl sites for hydroxylation is 1. The molecule has 2 heterocycles. The van der Waals surface area contributed by atoms with Gasteiger partial charge in [-0.3, -0.25) is 4.57 Å². The Bertz CT molecular complexity index is 796. The Labute approximate surface area is 131 Å². The van der Waals surface area contributed by atoms with Crippen molar-refractivity contribution in [2.24, 2.45) is 0 Å². The van der Waals surface area contributed by atoms with Crippen LogP contribution in [0.5, 0.6) is 0 Å². The second-order valence-electron chi connectivity index (χ2n) is 4.37. The Hall–Kier alpha value is -1.29. The van der Waals surface area contributed by atoms with E-state index < -0.39 is 0 Å². The van der Waals surface area contributed by atoms with E-state index in [1.807, 2.05) is 35.8 Å². The van der Waals surface area contributed by atoms with Crippen LogP contribution in [-0.4, -0.2) is 14.5 Å². The van der Waals surface area contributed by atoms with E-state index in [0.717, 1.165) is 22.5 Å². The van der Waals surface area contributed by atoms with Crippen LogP contribution in [0.15, 0.2) is 30.3 Å². The summed E-state index contributed by atoms with van der Waals surface area (Å²) in [5.74, 6) is 0.946. The van der Waals surface area contributed by atoms with Crippen LogP contribution < -0.4 is 0 Å². The van der Waals surface area contributed by atoms with Gasteiger partial charge in [0, 0.05) is 5.69 Å². The molecule has 0 saturated heterocycles. The SMILES string of the molecule is Cc1ccc2nc(CCl)n(-c3cccc(Cl)c3Cl)c2n1. The largest absolute Gasteiger partial charge is 0.278 e. The maximum atomic E-state index is 6.30. The lowest BCUT2D eigenvalue weighted by Gasteiger charge is -2.10. The summed E-state index contributed by atoms with van der Waals surface area (Å²) in [4.78, 5) is 9.02. The Morgan fingerprint density at radius 2 is 1.90 bits per heavy atom. The summed E-state index contributed by atoms with van der Waals surface area (Å²) < 4.78 is 1.85. The summed E-state index contributed by atoms with van der Waals surface area (Å²) in [7, 11) is 0. The molecule has 3 nitrogen and oxygen atoms in total. The number of rotatable bonds is 2. The molecule has 0 N–H and O–H groups in total. The summed E-state index contributed by atoms with van der Waals surface area (Å²) in [6.07, 6.45) is 0. The number of imidazole rings is 1. The first-order chi connectivity index (χ1) is 9.61. The van der Waals surface area contributed by atoms with E-state index in [1.54, 1.807) is 6.07 Å². The summed E-state index contributed by atoms with van der Waals surface area (Å²) in [6, 6.07) is 9.28. The minimum Gasteiger partial charge on any atom is -0.278 e. The zero-order chi connectivity index (χ0) is 14.3. The number of fused-ring (bicyclic) bond motifs is 1. The lowest BCUT2D eigenvalue weighted by molar-refractivity contribution is 0.967. The van der Waals surface area contributed by atoms with Gasteiger partial charge in [0.15, 0.2) is 5.65 Å². The van der Waals surface area contributed by atoms with Gasteiger partial charge in [-0.2, -0.15) is 0 Å². The molecule has 0 aliphatic carbocycles. The van der Waals surface area contributed by atoms with Crippen LogP contribution in [0.2, 0.25) is 10.0 Å². The fourth-order valence-electron chi connectivity index (χ4n) is 2.11. The second-order valence-corrected chi connectivity index (χ2v) is 5.42. The van der Waals surface area contributed by atoms with Gasteiger partial charge in [-0.15, -0.1) is 11.6 Å². The fourth-order valence-corrected chi connectivity index (χ4v) is 2.67. The van der Waals surface area contributed by atoms with Crippen molar-refractivity contribution in [3.8, 4) is 5.69 Å². The molecule has 0 saturated carbocycles. The smallest absolute Gasteiger partial charge is 0.165 e. The van der Waals surface area contributed by atoms with Gasteiger partial charge >= 0.3 is 0 Å². The maximum absolute atomic E-state index is 6.30. The van der Waals surface area contributed by atoms with Crippen molar-refractivity contribution >= 4 is 46.0 Å². The van der Waals surface area contributed by atoms with Gasteiger partial charge < -0.3 is 0 Å². The molecule has 0 atom stereocenters. The summed E-state index contributed by atoms with van der Waals surface area (Å²) >= 11 is 18.4. The van der Waals surface area contributed by atoms with Crippen LogP contribution in [0.25, 0.3) is 16.9 Å². The molecule has 3 rings (SSSR count). The monoisotopic (exact) mass is 325 g/mol. The van der Waals surface area contributed by atoms with Crippen molar-refractivity contribution in [1.82, 2.24) is 14.5 Å². The number of nitrogens with zero attached hydrogens (tertiary/aromatic N) is 3. The standard InChI is InChI=1S/C14H10Cl3N3/c1-8-5-6-10-14(18-8)20(12(7-15)19-10)11-4-2-3-9(16)13(11)17/h2-6H,7H2,1H3. The first kappa shape index (κ1) is 13.7. The number of benzene rings is 1. The van der Waals surface area contributed by atoms with Crippen molar-refractivity contribution in [1.29, 1.82) is 0 Å². The molecule has 0 unspecified atom stereocenters. The second kappa shape index (κ2) is 5.24. The van der Waals surface area contributed by atoms with Crippen molar-refractivity contribution in [3.05, 3.63) is 51.9 Å². The minimum absolute atomic E-state index is 0.262. The van der Waals surface area contributed by atoms with E-state index >= 15 is 0 Å². The lowest BCUT2D eigenvalue weighted by Crippen LogP contribution is -2.01. The van der Waals surface area contributed by atoms with E-state index in [9.17, 15) is 0 Å². The molecule has 0 bridgehead atoms. The van der Waals surface area contributed by atoms with E-state index in [2.05, 4.69) is 9.97 Å². The highest BCUT2D eigenvalue weighted by molar-refractivity contribution is 6.43. The van der Waals surface area contributed by atoms with Crippen LogP contribution in [0.4, 0.5) is 0 Å². The van der Waals surface area contributed by atoms with E-state index in [0.29, 0.717) is 15.9 Å². The Morgan fingerprint density at radius 3 is 2.65 bits per heavy atom. The quantitative estimate of drug-likeness (QED) is 0.635. The van der Waals surface area contributed by atoms with Crippen LogP contribution in [-0.2, 0) is 5.88 Å². The number of halogens is 3. The van der Waals surface area contributed by atoms with Gasteiger partial charge in [0.1, 0.15) is 11.3 Å². The topological polar surface area (TPSA) is 30.7 Å². The number of pyridine rings is 1. The number of alkyl halides is 1. The van der Waals surface area contributed by atoms with Crippen LogP contribution in [0.3, 0.4) is 0 Å². The molecule has 0 radical (unpaired) electrons. The highest BCUT2D eigenvalue weighted by Gasteiger charge is 2.16. The predicted octanol–water partition coefficient (Wildman–Crippen LogP) is 4.77. The molecular weight excluding hydrogens is 317 g/mol. The molecule has 0 aliphatic rings. The van der Waals surface area contributed by atoms with Crippen molar-refractivity contribution in [2.45, 2.75) is 12.8 Å². The zero-order valence-electron chi connectivity index (χ0n) is 10.6.